The average molecular weight is 233 g/mol. The third kappa shape index (κ3) is 57.6. The van der Waals surface area contributed by atoms with Gasteiger partial charge in [-0.05, 0) is 0 Å². The van der Waals surface area contributed by atoms with E-state index in [0.29, 0.717) is 0 Å². The van der Waals surface area contributed by atoms with Gasteiger partial charge in [0.25, 0.3) is 0 Å². The van der Waals surface area contributed by atoms with Gasteiger partial charge < -0.3 is 59.4 Å². The van der Waals surface area contributed by atoms with Gasteiger partial charge in [-0.25, -0.2) is 12.1 Å². The van der Waals surface area contributed by atoms with Crippen molar-refractivity contribution >= 4 is 0 Å². The fraction of sp³-hybridized carbons (Fsp3) is 0. The van der Waals surface area contributed by atoms with Crippen LogP contribution in [-0.4, -0.2) is 0 Å². The number of hydrogen-bond acceptors (Lipinski definition) is 0. The summed E-state index contributed by atoms with van der Waals surface area (Å²) in [5.41, 5.74) is 0. The van der Waals surface area contributed by atoms with Crippen LogP contribution >= 0.6 is 0 Å². The van der Waals surface area contributed by atoms with E-state index in [4.69, 9.17) is 0 Å². The molecule has 0 spiro atoms. The first-order chi connectivity index (χ1) is 2.50. The molecule has 0 N–H and O–H groups in total. The van der Waals surface area contributed by atoms with Crippen LogP contribution < -0.4 is 0 Å². The minimum absolute atomic E-state index is 0. The van der Waals surface area contributed by atoms with Gasteiger partial charge in [0.15, 0.2) is 0 Å². The van der Waals surface area contributed by atoms with Gasteiger partial charge in [0.2, 0.25) is 0 Å². The maximum Gasteiger partial charge on any atom is 0 e. The molecule has 0 aliphatic rings. The zero-order valence-electron chi connectivity index (χ0n) is 11.4. The Labute approximate surface area is 111 Å². The predicted molar refractivity (Wildman–Crippen MR) is 73.3 cm³/mol. The third-order valence-electron chi connectivity index (χ3n) is 0.556. The molecule has 0 saturated carbocycles. The minimum Gasteiger partial charge on any atom is -0.358 e. The minimum atomic E-state index is 0. The van der Waals surface area contributed by atoms with E-state index in [2.05, 4.69) is 0 Å². The molecular weight excluding hydrogens is 204 g/mol. The fourth-order valence-corrected chi connectivity index (χ4v) is 0.321. The van der Waals surface area contributed by atoms with Crippen LogP contribution in [0.3, 0.4) is 0 Å². The van der Waals surface area contributed by atoms with Crippen LogP contribution in [0.15, 0.2) is 30.3 Å². The van der Waals surface area contributed by atoms with Crippen molar-refractivity contribution in [3.8, 4) is 0 Å². The molecule has 1 aromatic rings. The van der Waals surface area contributed by atoms with E-state index in [-0.39, 0.29) is 81.1 Å². The van der Waals surface area contributed by atoms with Gasteiger partial charge in [-0.15, -0.1) is 0 Å². The first-order valence-electron chi connectivity index (χ1n) is 1.67. The largest absolute Gasteiger partial charge is 0.358 e. The zero-order valence-corrected chi connectivity index (χ0v) is 12.9. The smallest absolute Gasteiger partial charge is 0 e. The SMILES string of the molecule is [CH3-].[CH3-].[CH3-].[CH3-].[CH3-].[CH3-].[CH3-].[CH3-].[Ti].c1cc[cH-]c1. The van der Waals surface area contributed by atoms with Crippen LogP contribution in [0.2, 0.25) is 0 Å². The Kier molecular flexibility index (Phi) is 496. The molecule has 0 unspecified atom stereocenters. The molecule has 0 amide bonds. The van der Waals surface area contributed by atoms with Gasteiger partial charge >= 0.3 is 0 Å². The predicted octanol–water partition coefficient (Wildman–Crippen LogP) is 5.01. The van der Waals surface area contributed by atoms with E-state index in [1.54, 1.807) is 0 Å². The summed E-state index contributed by atoms with van der Waals surface area (Å²) < 4.78 is 0. The van der Waals surface area contributed by atoms with Gasteiger partial charge in [0.1, 0.15) is 0 Å². The second-order valence-electron chi connectivity index (χ2n) is 0.962. The van der Waals surface area contributed by atoms with Crippen LogP contribution in [0.25, 0.3) is 0 Å². The van der Waals surface area contributed by atoms with E-state index in [1.165, 1.54) is 0 Å². The average Bonchev–Trinajstić information content (AvgIpc) is 1.76. The Morgan fingerprint density at radius 3 is 0.786 bits per heavy atom. The van der Waals surface area contributed by atoms with Gasteiger partial charge in [-0.3, -0.25) is 0 Å². The molecule has 1 rings (SSSR count). The Morgan fingerprint density at radius 2 is 0.714 bits per heavy atom. The summed E-state index contributed by atoms with van der Waals surface area (Å²) in [6, 6.07) is 10.0. The Hall–Kier alpha value is 0.0643. The number of hydrogen-bond donors (Lipinski definition) is 0. The summed E-state index contributed by atoms with van der Waals surface area (Å²) in [7, 11) is 0. The summed E-state index contributed by atoms with van der Waals surface area (Å²) >= 11 is 0. The molecule has 0 fully saturated rings. The van der Waals surface area contributed by atoms with Crippen LogP contribution in [0.5, 0.6) is 0 Å². The molecule has 14 heavy (non-hydrogen) atoms. The molecule has 0 bridgehead atoms. The second-order valence-corrected chi connectivity index (χ2v) is 0.962. The monoisotopic (exact) mass is 233 g/mol. The summed E-state index contributed by atoms with van der Waals surface area (Å²) in [6.45, 7) is 0. The summed E-state index contributed by atoms with van der Waals surface area (Å²) in [5.74, 6) is 0. The maximum absolute atomic E-state index is 2.00. The Balaban J connectivity index is -0.00000000397. The van der Waals surface area contributed by atoms with Crippen molar-refractivity contribution in [3.63, 3.8) is 0 Å². The maximum atomic E-state index is 2.00. The summed E-state index contributed by atoms with van der Waals surface area (Å²) in [5, 5.41) is 0. The molecule has 0 aromatic heterocycles. The van der Waals surface area contributed by atoms with E-state index in [1.807, 2.05) is 30.3 Å². The molecule has 0 aliphatic heterocycles. The van der Waals surface area contributed by atoms with Crippen LogP contribution in [-0.2, 0) is 21.7 Å². The van der Waals surface area contributed by atoms with Crippen molar-refractivity contribution in [2.75, 3.05) is 0 Å². The first-order valence-corrected chi connectivity index (χ1v) is 1.67. The summed E-state index contributed by atoms with van der Waals surface area (Å²) in [4.78, 5) is 0. The van der Waals surface area contributed by atoms with E-state index in [9.17, 15) is 0 Å². The molecule has 0 saturated heterocycles. The molecule has 0 radical (unpaired) electrons. The van der Waals surface area contributed by atoms with Crippen molar-refractivity contribution < 1.29 is 21.7 Å². The van der Waals surface area contributed by atoms with Gasteiger partial charge in [-0.2, -0.15) is 18.2 Å². The molecular formula is C13H29Ti-9. The third-order valence-corrected chi connectivity index (χ3v) is 0.556. The van der Waals surface area contributed by atoms with Crippen molar-refractivity contribution in [2.45, 2.75) is 0 Å². The van der Waals surface area contributed by atoms with Crippen molar-refractivity contribution in [2.24, 2.45) is 0 Å². The Bertz CT molecular complexity index is 61.7. The molecule has 0 nitrogen and oxygen atoms in total. The standard InChI is InChI=1S/C5H5.8CH3.Ti/c1-2-4-5-3-1;;;;;;;;;/h1-5H;8*1H3;/q9*-1;. The van der Waals surface area contributed by atoms with Crippen molar-refractivity contribution in [1.82, 2.24) is 0 Å². The topological polar surface area (TPSA) is 0 Å². The van der Waals surface area contributed by atoms with E-state index in [0.717, 1.165) is 0 Å². The molecule has 0 atom stereocenters. The van der Waals surface area contributed by atoms with Crippen LogP contribution in [0, 0.1) is 59.4 Å². The molecule has 1 aromatic carbocycles. The number of rotatable bonds is 0. The molecule has 0 heterocycles. The van der Waals surface area contributed by atoms with Crippen LogP contribution in [0.4, 0.5) is 0 Å². The first kappa shape index (κ1) is 93.6. The van der Waals surface area contributed by atoms with E-state index < -0.39 is 0 Å². The van der Waals surface area contributed by atoms with Gasteiger partial charge in [0.05, 0.1) is 0 Å². The quantitative estimate of drug-likeness (QED) is 0.436. The molecule has 94 valence electrons. The van der Waals surface area contributed by atoms with Gasteiger partial charge in [0, 0.05) is 21.7 Å². The zero-order chi connectivity index (χ0) is 3.54. The second kappa shape index (κ2) is 74.1. The van der Waals surface area contributed by atoms with E-state index >= 15 is 0 Å². The molecule has 1 heteroatoms. The normalized spacial score (nSPS) is 2.86. The molecule has 0 aliphatic carbocycles. The van der Waals surface area contributed by atoms with Crippen LogP contribution in [0.1, 0.15) is 0 Å². The van der Waals surface area contributed by atoms with Crippen molar-refractivity contribution in [1.29, 1.82) is 0 Å². The van der Waals surface area contributed by atoms with Gasteiger partial charge in [-0.1, -0.05) is 0 Å². The van der Waals surface area contributed by atoms with Crippen molar-refractivity contribution in [3.05, 3.63) is 89.7 Å². The Morgan fingerprint density at radius 1 is 0.500 bits per heavy atom. The fourth-order valence-electron chi connectivity index (χ4n) is 0.321. The summed E-state index contributed by atoms with van der Waals surface area (Å²) in [6.07, 6.45) is 0.